The van der Waals surface area contributed by atoms with E-state index in [2.05, 4.69) is 35.8 Å². The highest BCUT2D eigenvalue weighted by Gasteiger charge is 2.20. The molecule has 0 atom stereocenters. The normalized spacial score (nSPS) is 14.4. The Kier molecular flexibility index (Phi) is 8.74. The average molecular weight is 528 g/mol. The molecule has 37 heavy (non-hydrogen) atoms. The number of para-hydroxylation sites is 1. The summed E-state index contributed by atoms with van der Waals surface area (Å²) < 4.78 is 35.0. The van der Waals surface area contributed by atoms with Crippen molar-refractivity contribution >= 4 is 38.8 Å². The van der Waals surface area contributed by atoms with E-state index in [4.69, 9.17) is 9.47 Å². The van der Waals surface area contributed by atoms with Crippen molar-refractivity contribution in [3.63, 3.8) is 0 Å². The van der Waals surface area contributed by atoms with Crippen LogP contribution in [0.5, 0.6) is 5.75 Å². The van der Waals surface area contributed by atoms with E-state index < -0.39 is 9.84 Å². The molecule has 0 radical (unpaired) electrons. The molecule has 11 nitrogen and oxygen atoms in total. The third-order valence-corrected chi connectivity index (χ3v) is 7.29. The zero-order chi connectivity index (χ0) is 26.3. The molecule has 0 unspecified atom stereocenters. The summed E-state index contributed by atoms with van der Waals surface area (Å²) in [7, 11) is -0.0817. The molecule has 3 aromatic rings. The highest BCUT2D eigenvalue weighted by atomic mass is 32.2. The van der Waals surface area contributed by atoms with Gasteiger partial charge in [0.15, 0.2) is 9.84 Å². The van der Waals surface area contributed by atoms with Gasteiger partial charge in [-0.15, -0.1) is 0 Å². The molecule has 4 rings (SSSR count). The molecule has 1 aromatic heterocycles. The van der Waals surface area contributed by atoms with Crippen LogP contribution < -0.4 is 25.6 Å². The Bertz CT molecular complexity index is 1300. The van der Waals surface area contributed by atoms with Crippen LogP contribution in [-0.2, 0) is 14.6 Å². The number of anilines is 5. The van der Waals surface area contributed by atoms with Gasteiger partial charge in [-0.3, -0.25) is 0 Å². The summed E-state index contributed by atoms with van der Waals surface area (Å²) in [6, 6.07) is 13.1. The zero-order valence-corrected chi connectivity index (χ0v) is 22.1. The molecule has 0 aliphatic carbocycles. The zero-order valence-electron chi connectivity index (χ0n) is 21.3. The minimum absolute atomic E-state index is 0.164. The van der Waals surface area contributed by atoms with Crippen LogP contribution in [0.15, 0.2) is 53.7 Å². The first kappa shape index (κ1) is 26.6. The van der Waals surface area contributed by atoms with Gasteiger partial charge in [-0.05, 0) is 37.1 Å². The van der Waals surface area contributed by atoms with E-state index in [0.717, 1.165) is 51.0 Å². The van der Waals surface area contributed by atoms with Crippen LogP contribution in [0.25, 0.3) is 0 Å². The van der Waals surface area contributed by atoms with Gasteiger partial charge >= 0.3 is 0 Å². The van der Waals surface area contributed by atoms with Crippen molar-refractivity contribution in [3.05, 3.63) is 48.8 Å². The predicted octanol–water partition coefficient (Wildman–Crippen LogP) is 2.98. The van der Waals surface area contributed by atoms with Gasteiger partial charge < -0.3 is 30.3 Å². The Morgan fingerprint density at radius 2 is 1.70 bits per heavy atom. The smallest absolute Gasteiger partial charge is 0.232 e. The van der Waals surface area contributed by atoms with Gasteiger partial charge in [0, 0.05) is 50.8 Å². The Balaban J connectivity index is 1.44. The van der Waals surface area contributed by atoms with E-state index in [-0.39, 0.29) is 10.8 Å². The molecule has 12 heteroatoms. The van der Waals surface area contributed by atoms with Crippen LogP contribution in [0.4, 0.5) is 29.0 Å². The third-order valence-electron chi connectivity index (χ3n) is 6.14. The molecule has 0 amide bonds. The Morgan fingerprint density at radius 1 is 1.00 bits per heavy atom. The van der Waals surface area contributed by atoms with Crippen molar-refractivity contribution in [2.24, 2.45) is 0 Å². The minimum atomic E-state index is -3.42. The van der Waals surface area contributed by atoms with Gasteiger partial charge in [-0.2, -0.15) is 4.98 Å². The van der Waals surface area contributed by atoms with Crippen LogP contribution in [0.3, 0.4) is 0 Å². The van der Waals surface area contributed by atoms with Gasteiger partial charge in [0.1, 0.15) is 12.1 Å². The second-order valence-electron chi connectivity index (χ2n) is 8.74. The van der Waals surface area contributed by atoms with Crippen molar-refractivity contribution in [1.29, 1.82) is 0 Å². The lowest BCUT2D eigenvalue weighted by molar-refractivity contribution is 0.193. The van der Waals surface area contributed by atoms with E-state index in [1.165, 1.54) is 12.4 Å². The summed E-state index contributed by atoms with van der Waals surface area (Å²) >= 11 is 0. The molecule has 198 valence electrons. The first-order chi connectivity index (χ1) is 17.9. The Labute approximate surface area is 217 Å². The quantitative estimate of drug-likeness (QED) is 0.318. The van der Waals surface area contributed by atoms with E-state index in [9.17, 15) is 8.42 Å². The highest BCUT2D eigenvalue weighted by Crippen LogP contribution is 2.33. The number of benzene rings is 2. The Morgan fingerprint density at radius 3 is 2.38 bits per heavy atom. The van der Waals surface area contributed by atoms with Crippen LogP contribution in [0.1, 0.15) is 12.8 Å². The standard InChI is InChI=1S/C25H33N7O4S/c1-35-15-12-26-18-10-13-32(14-11-18)19-8-9-20(22(16-19)36-2)29-24-27-17-28-25(31-24)30-21-6-4-5-7-23(21)37(3,33)34/h4-9,16-18,26H,10-15H2,1-3H3,(H2,27,28,29,30,31). The van der Waals surface area contributed by atoms with Crippen molar-refractivity contribution in [3.8, 4) is 5.75 Å². The fraction of sp³-hybridized carbons (Fsp3) is 0.400. The number of nitrogens with zero attached hydrogens (tertiary/aromatic N) is 4. The van der Waals surface area contributed by atoms with Crippen molar-refractivity contribution in [2.75, 3.05) is 62.3 Å². The minimum Gasteiger partial charge on any atom is -0.494 e. The molecule has 1 aliphatic heterocycles. The summed E-state index contributed by atoms with van der Waals surface area (Å²) in [5.41, 5.74) is 2.19. The number of methoxy groups -OCH3 is 2. The molecule has 0 spiro atoms. The first-order valence-electron chi connectivity index (χ1n) is 12.0. The second kappa shape index (κ2) is 12.2. The fourth-order valence-corrected chi connectivity index (χ4v) is 5.08. The molecule has 2 aromatic carbocycles. The largest absolute Gasteiger partial charge is 0.494 e. The summed E-state index contributed by atoms with van der Waals surface area (Å²) in [6.45, 7) is 3.50. The van der Waals surface area contributed by atoms with Crippen LogP contribution in [0, 0.1) is 0 Å². The number of aromatic nitrogens is 3. The third kappa shape index (κ3) is 7.06. The lowest BCUT2D eigenvalue weighted by atomic mass is 10.0. The molecular weight excluding hydrogens is 494 g/mol. The van der Waals surface area contributed by atoms with Gasteiger partial charge in [0.2, 0.25) is 11.9 Å². The monoisotopic (exact) mass is 527 g/mol. The summed E-state index contributed by atoms with van der Waals surface area (Å²) in [6.07, 6.45) is 4.64. The Hall–Kier alpha value is -3.48. The summed E-state index contributed by atoms with van der Waals surface area (Å²) in [4.78, 5) is 15.2. The topological polar surface area (TPSA) is 131 Å². The number of piperidine rings is 1. The van der Waals surface area contributed by atoms with E-state index in [1.54, 1.807) is 32.4 Å². The average Bonchev–Trinajstić information content (AvgIpc) is 2.89. The molecular formula is C25H33N7O4S. The molecule has 0 bridgehead atoms. The van der Waals surface area contributed by atoms with Crippen molar-refractivity contribution < 1.29 is 17.9 Å². The highest BCUT2D eigenvalue weighted by molar-refractivity contribution is 7.90. The molecule has 0 saturated carbocycles. The van der Waals surface area contributed by atoms with Gasteiger partial charge in [0.05, 0.1) is 30.0 Å². The van der Waals surface area contributed by atoms with Gasteiger partial charge in [-0.1, -0.05) is 12.1 Å². The van der Waals surface area contributed by atoms with Gasteiger partial charge in [0.25, 0.3) is 0 Å². The maximum atomic E-state index is 12.1. The van der Waals surface area contributed by atoms with Crippen molar-refractivity contribution in [2.45, 2.75) is 23.8 Å². The van der Waals surface area contributed by atoms with Crippen molar-refractivity contribution in [1.82, 2.24) is 20.3 Å². The van der Waals surface area contributed by atoms with Gasteiger partial charge in [-0.25, -0.2) is 18.4 Å². The van der Waals surface area contributed by atoms with E-state index in [0.29, 0.717) is 29.1 Å². The van der Waals surface area contributed by atoms with E-state index >= 15 is 0 Å². The molecule has 1 saturated heterocycles. The second-order valence-corrected chi connectivity index (χ2v) is 10.7. The van der Waals surface area contributed by atoms with Crippen LogP contribution in [-0.4, -0.2) is 76.1 Å². The molecule has 2 heterocycles. The number of hydrogen-bond acceptors (Lipinski definition) is 11. The number of nitrogens with one attached hydrogen (secondary N) is 3. The predicted molar refractivity (Wildman–Crippen MR) is 144 cm³/mol. The lowest BCUT2D eigenvalue weighted by Gasteiger charge is -2.34. The number of ether oxygens (including phenoxy) is 2. The molecule has 1 fully saturated rings. The fourth-order valence-electron chi connectivity index (χ4n) is 4.24. The number of rotatable bonds is 11. The lowest BCUT2D eigenvalue weighted by Crippen LogP contribution is -2.43. The summed E-state index contributed by atoms with van der Waals surface area (Å²) in [5, 5.41) is 9.69. The summed E-state index contributed by atoms with van der Waals surface area (Å²) in [5.74, 6) is 1.17. The SMILES string of the molecule is COCCNC1CCN(c2ccc(Nc3ncnc(Nc4ccccc4S(C)(=O)=O)n3)c(OC)c2)CC1. The maximum Gasteiger partial charge on any atom is 0.232 e. The number of sulfone groups is 1. The van der Waals surface area contributed by atoms with E-state index in [1.807, 2.05) is 18.2 Å². The maximum absolute atomic E-state index is 12.1. The number of hydrogen-bond donors (Lipinski definition) is 3. The van der Waals surface area contributed by atoms with Crippen LogP contribution in [0.2, 0.25) is 0 Å². The molecule has 3 N–H and O–H groups in total. The molecule has 1 aliphatic rings. The van der Waals surface area contributed by atoms with Crippen LogP contribution >= 0.6 is 0 Å². The first-order valence-corrected chi connectivity index (χ1v) is 13.9.